The number of thioether (sulfide) groups is 1. The van der Waals surface area contributed by atoms with Crippen molar-refractivity contribution in [1.29, 1.82) is 5.26 Å². The second kappa shape index (κ2) is 8.92. The van der Waals surface area contributed by atoms with Crippen molar-refractivity contribution in [3.05, 3.63) is 36.0 Å². The molecule has 8 heteroatoms. The van der Waals surface area contributed by atoms with Crippen molar-refractivity contribution in [2.24, 2.45) is 5.92 Å². The van der Waals surface area contributed by atoms with Gasteiger partial charge in [-0.15, -0.1) is 11.8 Å². The van der Waals surface area contributed by atoms with E-state index in [4.69, 9.17) is 5.26 Å². The summed E-state index contributed by atoms with van der Waals surface area (Å²) in [5.74, 6) is 1.31. The van der Waals surface area contributed by atoms with Crippen molar-refractivity contribution in [1.82, 2.24) is 15.2 Å². The Kier molecular flexibility index (Phi) is 6.09. The SMILES string of the molecule is CC1CCN(c2ccc3nccc(C(=O)NCC(=O)N4CSC[C@H]4C#N)c3c2)CC1. The Morgan fingerprint density at radius 3 is 2.87 bits per heavy atom. The standard InChI is InChI=1S/C22H25N5O2S/c1-15-5-8-26(9-6-15)16-2-3-20-19(10-16)18(4-7-24-20)22(29)25-12-21(28)27-14-30-13-17(27)11-23/h2-4,7,10,15,17H,5-6,8-9,12-14H2,1H3,(H,25,29)/t17-/m1/s1. The number of amides is 2. The first kappa shape index (κ1) is 20.5. The second-order valence-electron chi connectivity index (χ2n) is 7.92. The van der Waals surface area contributed by atoms with E-state index < -0.39 is 6.04 Å². The number of anilines is 1. The van der Waals surface area contributed by atoms with Crippen molar-refractivity contribution in [2.75, 3.05) is 36.2 Å². The lowest BCUT2D eigenvalue weighted by molar-refractivity contribution is -0.129. The molecule has 1 aromatic heterocycles. The number of pyridine rings is 1. The van der Waals surface area contributed by atoms with E-state index >= 15 is 0 Å². The first-order valence-electron chi connectivity index (χ1n) is 10.3. The molecule has 1 aromatic carbocycles. The van der Waals surface area contributed by atoms with Crippen LogP contribution in [0.15, 0.2) is 30.5 Å². The van der Waals surface area contributed by atoms with E-state index in [9.17, 15) is 9.59 Å². The van der Waals surface area contributed by atoms with Crippen LogP contribution in [-0.2, 0) is 4.79 Å². The molecule has 30 heavy (non-hydrogen) atoms. The van der Waals surface area contributed by atoms with E-state index in [0.717, 1.165) is 35.6 Å². The van der Waals surface area contributed by atoms with Crippen LogP contribution in [0.4, 0.5) is 5.69 Å². The van der Waals surface area contributed by atoms with Gasteiger partial charge in [-0.3, -0.25) is 14.6 Å². The van der Waals surface area contributed by atoms with Crippen LogP contribution in [-0.4, -0.2) is 59.0 Å². The minimum atomic E-state index is -0.420. The number of benzene rings is 1. The Morgan fingerprint density at radius 1 is 1.30 bits per heavy atom. The number of carbonyl (C=O) groups is 2. The van der Waals surface area contributed by atoms with Gasteiger partial charge in [0.15, 0.2) is 0 Å². The third-order valence-electron chi connectivity index (χ3n) is 5.87. The number of carbonyl (C=O) groups excluding carboxylic acids is 2. The monoisotopic (exact) mass is 423 g/mol. The van der Waals surface area contributed by atoms with Crippen LogP contribution in [0, 0.1) is 17.2 Å². The zero-order valence-electron chi connectivity index (χ0n) is 17.0. The van der Waals surface area contributed by atoms with E-state index in [2.05, 4.69) is 34.3 Å². The lowest BCUT2D eigenvalue weighted by Crippen LogP contribution is -2.42. The fraction of sp³-hybridized carbons (Fsp3) is 0.455. The molecule has 0 spiro atoms. The van der Waals surface area contributed by atoms with Gasteiger partial charge in [0.25, 0.3) is 5.91 Å². The fourth-order valence-electron chi connectivity index (χ4n) is 3.94. The Labute approximate surface area is 180 Å². The van der Waals surface area contributed by atoms with Crippen molar-refractivity contribution >= 4 is 40.2 Å². The average molecular weight is 424 g/mol. The lowest BCUT2D eigenvalue weighted by atomic mass is 9.98. The molecule has 4 rings (SSSR count). The van der Waals surface area contributed by atoms with Gasteiger partial charge in [-0.05, 0) is 43.0 Å². The first-order valence-corrected chi connectivity index (χ1v) is 11.4. The topological polar surface area (TPSA) is 89.3 Å². The maximum Gasteiger partial charge on any atom is 0.252 e. The molecular weight excluding hydrogens is 398 g/mol. The highest BCUT2D eigenvalue weighted by molar-refractivity contribution is 7.99. The summed E-state index contributed by atoms with van der Waals surface area (Å²) in [6.07, 6.45) is 3.95. The molecule has 0 aliphatic carbocycles. The summed E-state index contributed by atoms with van der Waals surface area (Å²) in [6, 6.07) is 9.44. The molecule has 0 unspecified atom stereocenters. The maximum atomic E-state index is 12.9. The van der Waals surface area contributed by atoms with Crippen molar-refractivity contribution in [3.8, 4) is 6.07 Å². The largest absolute Gasteiger partial charge is 0.371 e. The molecule has 0 radical (unpaired) electrons. The summed E-state index contributed by atoms with van der Waals surface area (Å²) < 4.78 is 0. The third kappa shape index (κ3) is 4.21. The van der Waals surface area contributed by atoms with Crippen molar-refractivity contribution < 1.29 is 9.59 Å². The van der Waals surface area contributed by atoms with E-state index in [-0.39, 0.29) is 18.4 Å². The van der Waals surface area contributed by atoms with E-state index in [1.54, 1.807) is 24.0 Å². The molecule has 0 bridgehead atoms. The summed E-state index contributed by atoms with van der Waals surface area (Å²) in [5, 5.41) is 12.7. The van der Waals surface area contributed by atoms with Gasteiger partial charge in [0.05, 0.1) is 29.6 Å². The van der Waals surface area contributed by atoms with Crippen molar-refractivity contribution in [2.45, 2.75) is 25.8 Å². The van der Waals surface area contributed by atoms with E-state index in [0.29, 0.717) is 17.2 Å². The summed E-state index contributed by atoms with van der Waals surface area (Å²) in [7, 11) is 0. The Balaban J connectivity index is 1.50. The number of nitriles is 1. The van der Waals surface area contributed by atoms with E-state index in [1.807, 2.05) is 12.1 Å². The van der Waals surface area contributed by atoms with Gasteiger partial charge < -0.3 is 15.1 Å². The molecule has 2 aliphatic heterocycles. The van der Waals surface area contributed by atoms with Crippen LogP contribution in [0.1, 0.15) is 30.1 Å². The van der Waals surface area contributed by atoms with Gasteiger partial charge in [-0.25, -0.2) is 0 Å². The molecule has 156 valence electrons. The minimum Gasteiger partial charge on any atom is -0.371 e. The number of hydrogen-bond donors (Lipinski definition) is 1. The highest BCUT2D eigenvalue weighted by atomic mass is 32.2. The highest BCUT2D eigenvalue weighted by Crippen LogP contribution is 2.27. The molecule has 2 amide bonds. The number of aromatic nitrogens is 1. The molecule has 0 saturated carbocycles. The van der Waals surface area contributed by atoms with E-state index in [1.165, 1.54) is 17.7 Å². The van der Waals surface area contributed by atoms with Crippen LogP contribution < -0.4 is 10.2 Å². The second-order valence-corrected chi connectivity index (χ2v) is 8.92. The number of nitrogens with zero attached hydrogens (tertiary/aromatic N) is 4. The van der Waals surface area contributed by atoms with Crippen LogP contribution in [0.25, 0.3) is 10.9 Å². The quantitative estimate of drug-likeness (QED) is 0.813. The summed E-state index contributed by atoms with van der Waals surface area (Å²) >= 11 is 1.55. The van der Waals surface area contributed by atoms with Gasteiger partial charge >= 0.3 is 0 Å². The smallest absolute Gasteiger partial charge is 0.252 e. The van der Waals surface area contributed by atoms with Crippen LogP contribution in [0.3, 0.4) is 0 Å². The predicted molar refractivity (Wildman–Crippen MR) is 118 cm³/mol. The number of rotatable bonds is 4. The molecule has 7 nitrogen and oxygen atoms in total. The fourth-order valence-corrected chi connectivity index (χ4v) is 5.05. The zero-order valence-corrected chi connectivity index (χ0v) is 17.8. The Bertz CT molecular complexity index is 997. The van der Waals surface area contributed by atoms with Crippen LogP contribution in [0.5, 0.6) is 0 Å². The van der Waals surface area contributed by atoms with Gasteiger partial charge in [0.1, 0.15) is 6.04 Å². The number of fused-ring (bicyclic) bond motifs is 1. The number of piperidine rings is 1. The first-order chi connectivity index (χ1) is 14.6. The van der Waals surface area contributed by atoms with Gasteiger partial charge in [0, 0.05) is 36.1 Å². The molecule has 2 saturated heterocycles. The molecule has 3 heterocycles. The molecule has 1 N–H and O–H groups in total. The van der Waals surface area contributed by atoms with Gasteiger partial charge in [-0.2, -0.15) is 5.26 Å². The maximum absolute atomic E-state index is 12.9. The average Bonchev–Trinajstić information content (AvgIpc) is 3.26. The molecule has 1 atom stereocenters. The summed E-state index contributed by atoms with van der Waals surface area (Å²) in [5.41, 5.74) is 2.36. The van der Waals surface area contributed by atoms with Gasteiger partial charge in [0.2, 0.25) is 5.91 Å². The Hall–Kier alpha value is -2.79. The zero-order chi connectivity index (χ0) is 21.1. The summed E-state index contributed by atoms with van der Waals surface area (Å²) in [6.45, 7) is 4.18. The highest BCUT2D eigenvalue weighted by Gasteiger charge is 2.29. The minimum absolute atomic E-state index is 0.120. The number of nitrogens with one attached hydrogen (secondary N) is 1. The van der Waals surface area contributed by atoms with Crippen LogP contribution >= 0.6 is 11.8 Å². The van der Waals surface area contributed by atoms with Crippen molar-refractivity contribution in [3.63, 3.8) is 0 Å². The summed E-state index contributed by atoms with van der Waals surface area (Å²) in [4.78, 5) is 33.6. The lowest BCUT2D eigenvalue weighted by Gasteiger charge is -2.32. The molecular formula is C22H25N5O2S. The van der Waals surface area contributed by atoms with Crippen LogP contribution in [0.2, 0.25) is 0 Å². The van der Waals surface area contributed by atoms with Gasteiger partial charge in [-0.1, -0.05) is 6.92 Å². The number of hydrogen-bond acceptors (Lipinski definition) is 6. The Morgan fingerprint density at radius 2 is 2.10 bits per heavy atom. The third-order valence-corrected chi connectivity index (χ3v) is 6.88. The molecule has 2 aromatic rings. The molecule has 2 fully saturated rings. The normalized spacial score (nSPS) is 19.7. The predicted octanol–water partition coefficient (Wildman–Crippen LogP) is 2.63. The molecule has 2 aliphatic rings.